The fourth-order valence-corrected chi connectivity index (χ4v) is 2.09. The summed E-state index contributed by atoms with van der Waals surface area (Å²) in [6, 6.07) is 8.67. The molecular formula is C16H18F3N5O2. The average molecular weight is 369 g/mol. The van der Waals surface area contributed by atoms with Gasteiger partial charge in [0.1, 0.15) is 6.54 Å². The molecule has 0 radical (unpaired) electrons. The first-order valence-electron chi connectivity index (χ1n) is 7.72. The molecule has 0 saturated carbocycles. The Kier molecular flexibility index (Phi) is 6.59. The molecule has 140 valence electrons. The van der Waals surface area contributed by atoms with Crippen LogP contribution in [0.25, 0.3) is 0 Å². The molecule has 3 N–H and O–H groups in total. The topological polar surface area (TPSA) is 88.1 Å². The van der Waals surface area contributed by atoms with Gasteiger partial charge >= 0.3 is 12.2 Å². The number of benzene rings is 1. The van der Waals surface area contributed by atoms with E-state index in [1.165, 1.54) is 0 Å². The van der Waals surface area contributed by atoms with Gasteiger partial charge in [0.05, 0.1) is 13.1 Å². The number of urea groups is 1. The summed E-state index contributed by atoms with van der Waals surface area (Å²) in [5, 5.41) is 10.5. The molecule has 0 atom stereocenters. The first-order valence-corrected chi connectivity index (χ1v) is 7.72. The maximum absolute atomic E-state index is 12.0. The zero-order chi connectivity index (χ0) is 19.0. The number of amides is 3. The highest BCUT2D eigenvalue weighted by molar-refractivity contribution is 5.83. The first-order chi connectivity index (χ1) is 12.3. The van der Waals surface area contributed by atoms with Crippen molar-refractivity contribution >= 4 is 11.9 Å². The molecule has 1 heterocycles. The molecule has 0 spiro atoms. The van der Waals surface area contributed by atoms with Gasteiger partial charge in [0, 0.05) is 18.9 Å². The van der Waals surface area contributed by atoms with Crippen LogP contribution in [-0.2, 0) is 17.9 Å². The molecular weight excluding hydrogens is 351 g/mol. The van der Waals surface area contributed by atoms with Gasteiger partial charge in [-0.25, -0.2) is 4.79 Å². The van der Waals surface area contributed by atoms with Gasteiger partial charge in [-0.3, -0.25) is 9.48 Å². The molecule has 3 amide bonds. The van der Waals surface area contributed by atoms with E-state index in [0.29, 0.717) is 6.54 Å². The van der Waals surface area contributed by atoms with E-state index in [2.05, 4.69) is 15.7 Å². The van der Waals surface area contributed by atoms with E-state index >= 15 is 0 Å². The third-order valence-electron chi connectivity index (χ3n) is 3.24. The quantitative estimate of drug-likeness (QED) is 0.690. The average Bonchev–Trinajstić information content (AvgIpc) is 3.09. The highest BCUT2D eigenvalue weighted by Gasteiger charge is 2.27. The van der Waals surface area contributed by atoms with Gasteiger partial charge in [-0.2, -0.15) is 18.3 Å². The van der Waals surface area contributed by atoms with E-state index in [1.54, 1.807) is 16.2 Å². The van der Waals surface area contributed by atoms with Crippen LogP contribution in [-0.4, -0.2) is 41.0 Å². The number of rotatable bonds is 7. The van der Waals surface area contributed by atoms with Crippen LogP contribution in [0.2, 0.25) is 0 Å². The van der Waals surface area contributed by atoms with Gasteiger partial charge in [-0.15, -0.1) is 0 Å². The number of hydrogen-bond acceptors (Lipinski definition) is 3. The number of nitrogens with one attached hydrogen (secondary N) is 3. The summed E-state index contributed by atoms with van der Waals surface area (Å²) in [4.78, 5) is 22.8. The van der Waals surface area contributed by atoms with E-state index in [1.807, 2.05) is 36.5 Å². The molecule has 0 saturated heterocycles. The number of nitrogens with zero attached hydrogens (tertiary/aromatic N) is 2. The van der Waals surface area contributed by atoms with Crippen LogP contribution in [0, 0.1) is 0 Å². The highest BCUT2D eigenvalue weighted by Crippen LogP contribution is 2.11. The predicted octanol–water partition coefficient (Wildman–Crippen LogP) is 1.41. The van der Waals surface area contributed by atoms with Crippen molar-refractivity contribution in [2.75, 3.05) is 13.1 Å². The zero-order valence-electron chi connectivity index (χ0n) is 13.7. The van der Waals surface area contributed by atoms with Crippen molar-refractivity contribution in [2.45, 2.75) is 19.3 Å². The standard InChI is InChI=1S/C16H18F3N5O2/c17-16(18,19)11-22-14(25)9-21-15(26)20-8-12-3-1-4-13(7-12)10-24-6-2-5-23-24/h1-7H,8-11H2,(H,22,25)(H2,20,21,26). The summed E-state index contributed by atoms with van der Waals surface area (Å²) < 4.78 is 37.6. The lowest BCUT2D eigenvalue weighted by atomic mass is 10.1. The number of aromatic nitrogens is 2. The molecule has 0 aliphatic heterocycles. The smallest absolute Gasteiger partial charge is 0.345 e. The van der Waals surface area contributed by atoms with Gasteiger partial charge in [0.2, 0.25) is 5.91 Å². The van der Waals surface area contributed by atoms with Crippen molar-refractivity contribution in [1.29, 1.82) is 0 Å². The fraction of sp³-hybridized carbons (Fsp3) is 0.312. The predicted molar refractivity (Wildman–Crippen MR) is 87.1 cm³/mol. The summed E-state index contributed by atoms with van der Waals surface area (Å²) in [5.74, 6) is -0.918. The number of hydrogen-bond donors (Lipinski definition) is 3. The third-order valence-corrected chi connectivity index (χ3v) is 3.24. The molecule has 0 aliphatic rings. The maximum atomic E-state index is 12.0. The summed E-state index contributed by atoms with van der Waals surface area (Å²) >= 11 is 0. The molecule has 26 heavy (non-hydrogen) atoms. The third kappa shape index (κ3) is 7.24. The highest BCUT2D eigenvalue weighted by atomic mass is 19.4. The Morgan fingerprint density at radius 1 is 1.08 bits per heavy atom. The molecule has 2 aromatic rings. The van der Waals surface area contributed by atoms with E-state index in [4.69, 9.17) is 0 Å². The summed E-state index contributed by atoms with van der Waals surface area (Å²) in [6.07, 6.45) is -0.970. The van der Waals surface area contributed by atoms with Gasteiger partial charge in [0.15, 0.2) is 0 Å². The molecule has 0 fully saturated rings. The monoisotopic (exact) mass is 369 g/mol. The molecule has 0 unspecified atom stereocenters. The minimum atomic E-state index is -4.49. The second kappa shape index (κ2) is 8.88. The van der Waals surface area contributed by atoms with Crippen molar-refractivity contribution in [3.63, 3.8) is 0 Å². The second-order valence-electron chi connectivity index (χ2n) is 5.45. The zero-order valence-corrected chi connectivity index (χ0v) is 13.7. The van der Waals surface area contributed by atoms with Crippen LogP contribution in [0.1, 0.15) is 11.1 Å². The minimum absolute atomic E-state index is 0.211. The second-order valence-corrected chi connectivity index (χ2v) is 5.45. The van der Waals surface area contributed by atoms with E-state index in [9.17, 15) is 22.8 Å². The summed E-state index contributed by atoms with van der Waals surface area (Å²) in [6.45, 7) is -1.17. The van der Waals surface area contributed by atoms with Crippen molar-refractivity contribution in [1.82, 2.24) is 25.7 Å². The molecule has 2 rings (SSSR count). The van der Waals surface area contributed by atoms with E-state index in [-0.39, 0.29) is 6.54 Å². The number of alkyl halides is 3. The number of carbonyl (C=O) groups is 2. The minimum Gasteiger partial charge on any atom is -0.345 e. The first kappa shape index (κ1) is 19.3. The Morgan fingerprint density at radius 3 is 2.54 bits per heavy atom. The van der Waals surface area contributed by atoms with Crippen LogP contribution in [0.15, 0.2) is 42.7 Å². The fourth-order valence-electron chi connectivity index (χ4n) is 2.09. The molecule has 0 aliphatic carbocycles. The molecule has 1 aromatic carbocycles. The number of halogens is 3. The SMILES string of the molecule is O=C(CNC(=O)NCc1cccc(Cn2cccn2)c1)NCC(F)(F)F. The Balaban J connectivity index is 1.72. The number of carbonyl (C=O) groups excluding carboxylic acids is 2. The maximum Gasteiger partial charge on any atom is 0.405 e. The van der Waals surface area contributed by atoms with Gasteiger partial charge in [-0.1, -0.05) is 24.3 Å². The van der Waals surface area contributed by atoms with Gasteiger partial charge in [0.25, 0.3) is 0 Å². The van der Waals surface area contributed by atoms with Crippen LogP contribution < -0.4 is 16.0 Å². The summed E-state index contributed by atoms with van der Waals surface area (Å²) in [5.41, 5.74) is 1.84. The van der Waals surface area contributed by atoms with E-state index in [0.717, 1.165) is 11.1 Å². The molecule has 0 bridgehead atoms. The Hall–Kier alpha value is -3.04. The molecule has 1 aromatic heterocycles. The van der Waals surface area contributed by atoms with Crippen LogP contribution in [0.5, 0.6) is 0 Å². The lowest BCUT2D eigenvalue weighted by Crippen LogP contribution is -2.43. The van der Waals surface area contributed by atoms with Crippen LogP contribution in [0.3, 0.4) is 0 Å². The van der Waals surface area contributed by atoms with Gasteiger partial charge in [-0.05, 0) is 17.2 Å². The van der Waals surface area contributed by atoms with Crippen molar-refractivity contribution < 1.29 is 22.8 Å². The van der Waals surface area contributed by atoms with Crippen LogP contribution in [0.4, 0.5) is 18.0 Å². The van der Waals surface area contributed by atoms with Crippen LogP contribution >= 0.6 is 0 Å². The Labute approximate surface area is 147 Å². The van der Waals surface area contributed by atoms with Crippen molar-refractivity contribution in [3.05, 3.63) is 53.9 Å². The van der Waals surface area contributed by atoms with Crippen molar-refractivity contribution in [2.24, 2.45) is 0 Å². The van der Waals surface area contributed by atoms with Gasteiger partial charge < -0.3 is 16.0 Å². The van der Waals surface area contributed by atoms with Crippen molar-refractivity contribution in [3.8, 4) is 0 Å². The van der Waals surface area contributed by atoms with E-state index < -0.39 is 31.2 Å². The molecule has 7 nitrogen and oxygen atoms in total. The molecule has 10 heteroatoms. The lowest BCUT2D eigenvalue weighted by molar-refractivity contribution is -0.137. The Morgan fingerprint density at radius 2 is 1.85 bits per heavy atom. The summed E-state index contributed by atoms with van der Waals surface area (Å²) in [7, 11) is 0. The largest absolute Gasteiger partial charge is 0.405 e. The normalized spacial score (nSPS) is 11.0. The Bertz CT molecular complexity index is 732. The lowest BCUT2D eigenvalue weighted by Gasteiger charge is -2.10.